The van der Waals surface area contributed by atoms with Gasteiger partial charge >= 0.3 is 0 Å². The summed E-state index contributed by atoms with van der Waals surface area (Å²) in [4.78, 5) is 15.5. The lowest BCUT2D eigenvalue weighted by molar-refractivity contribution is -0.106. The maximum atomic E-state index is 9.23. The van der Waals surface area contributed by atoms with Gasteiger partial charge in [-0.3, -0.25) is 4.79 Å². The number of rotatable bonds is 7. The van der Waals surface area contributed by atoms with E-state index in [0.29, 0.717) is 25.0 Å². The summed E-state index contributed by atoms with van der Waals surface area (Å²) < 4.78 is 11.2. The van der Waals surface area contributed by atoms with E-state index in [1.165, 1.54) is 24.8 Å². The average molecular weight is 492 g/mol. The molecule has 1 saturated carbocycles. The van der Waals surface area contributed by atoms with E-state index in [9.17, 15) is 5.11 Å². The topological polar surface area (TPSA) is 124 Å². The minimum absolute atomic E-state index is 0.0523. The molecule has 1 aromatic carbocycles. The second-order valence-electron chi connectivity index (χ2n) is 8.89. The molecule has 1 amide bonds. The molecule has 36 heavy (non-hydrogen) atoms. The molecular formula is C27H33N5O4. The summed E-state index contributed by atoms with van der Waals surface area (Å²) in [5.74, 6) is 1.99. The molecule has 2 aliphatic rings. The van der Waals surface area contributed by atoms with E-state index >= 15 is 0 Å². The van der Waals surface area contributed by atoms with Crippen molar-refractivity contribution in [2.24, 2.45) is 5.73 Å². The van der Waals surface area contributed by atoms with Gasteiger partial charge in [0.25, 0.3) is 0 Å². The number of benzene rings is 1. The van der Waals surface area contributed by atoms with E-state index in [0.717, 1.165) is 46.9 Å². The summed E-state index contributed by atoms with van der Waals surface area (Å²) in [6.07, 6.45) is 5.93. The molecule has 3 aromatic rings. The van der Waals surface area contributed by atoms with Crippen molar-refractivity contribution in [1.82, 2.24) is 15.2 Å². The second kappa shape index (κ2) is 12.4. The van der Waals surface area contributed by atoms with Crippen LogP contribution >= 0.6 is 0 Å². The largest absolute Gasteiger partial charge is 0.475 e. The molecule has 0 spiro atoms. The van der Waals surface area contributed by atoms with Crippen LogP contribution in [0.5, 0.6) is 5.88 Å². The van der Waals surface area contributed by atoms with Gasteiger partial charge in [0.05, 0.1) is 31.7 Å². The van der Waals surface area contributed by atoms with Gasteiger partial charge in [0.15, 0.2) is 0 Å². The molecule has 2 fully saturated rings. The molecule has 3 heterocycles. The highest BCUT2D eigenvalue weighted by molar-refractivity contribution is 5.76. The van der Waals surface area contributed by atoms with Crippen molar-refractivity contribution in [1.29, 1.82) is 0 Å². The number of amides is 1. The van der Waals surface area contributed by atoms with Gasteiger partial charge < -0.3 is 25.2 Å². The molecule has 3 N–H and O–H groups in total. The SMILES string of the molecule is Cc1ccc(-c2cc(C3CCC3)cnn2)cc1-c1cc(OCCO)nc(N2CCOCC2)c1.NC=O. The Hall–Kier alpha value is -3.56. The number of aromatic nitrogens is 3. The molecule has 9 heteroatoms. The Kier molecular flexibility index (Phi) is 8.80. The lowest BCUT2D eigenvalue weighted by atomic mass is 9.80. The van der Waals surface area contributed by atoms with Crippen LogP contribution in [0, 0.1) is 6.92 Å². The number of pyridine rings is 1. The first-order chi connectivity index (χ1) is 17.6. The molecular weight excluding hydrogens is 458 g/mol. The van der Waals surface area contributed by atoms with Gasteiger partial charge in [-0.25, -0.2) is 0 Å². The molecule has 0 unspecified atom stereocenters. The fraction of sp³-hybridized carbons (Fsp3) is 0.407. The summed E-state index contributed by atoms with van der Waals surface area (Å²) in [5.41, 5.74) is 10.7. The number of morpholine rings is 1. The normalized spacial score (nSPS) is 15.4. The highest BCUT2D eigenvalue weighted by Gasteiger charge is 2.21. The Bertz CT molecular complexity index is 1160. The molecule has 0 atom stereocenters. The van der Waals surface area contributed by atoms with Gasteiger partial charge in [0, 0.05) is 24.7 Å². The average Bonchev–Trinajstić information content (AvgIpc) is 2.88. The van der Waals surface area contributed by atoms with E-state index in [2.05, 4.69) is 58.1 Å². The van der Waals surface area contributed by atoms with Crippen LogP contribution in [0.1, 0.15) is 36.3 Å². The molecule has 9 nitrogen and oxygen atoms in total. The molecule has 0 bridgehead atoms. The Labute approximate surface area is 211 Å². The molecule has 1 aliphatic carbocycles. The minimum atomic E-state index is -0.0523. The quantitative estimate of drug-likeness (QED) is 0.483. The summed E-state index contributed by atoms with van der Waals surface area (Å²) in [5, 5.41) is 17.9. The Morgan fingerprint density at radius 3 is 2.64 bits per heavy atom. The van der Waals surface area contributed by atoms with Crippen LogP contribution in [-0.2, 0) is 9.53 Å². The predicted octanol–water partition coefficient (Wildman–Crippen LogP) is 3.09. The van der Waals surface area contributed by atoms with Gasteiger partial charge in [-0.2, -0.15) is 15.2 Å². The number of nitrogens with zero attached hydrogens (tertiary/aromatic N) is 4. The third kappa shape index (κ3) is 6.16. The van der Waals surface area contributed by atoms with Crippen LogP contribution < -0.4 is 15.4 Å². The first-order valence-electron chi connectivity index (χ1n) is 12.3. The highest BCUT2D eigenvalue weighted by Crippen LogP contribution is 2.38. The van der Waals surface area contributed by atoms with Crippen molar-refractivity contribution in [3.05, 3.63) is 53.7 Å². The number of carbonyl (C=O) groups is 1. The minimum Gasteiger partial charge on any atom is -0.475 e. The maximum Gasteiger partial charge on any atom is 0.215 e. The number of aliphatic hydroxyl groups is 1. The van der Waals surface area contributed by atoms with Gasteiger partial charge in [-0.05, 0) is 66.1 Å². The van der Waals surface area contributed by atoms with Crippen LogP contribution in [-0.4, -0.2) is 66.2 Å². The fourth-order valence-corrected chi connectivity index (χ4v) is 4.41. The van der Waals surface area contributed by atoms with E-state index < -0.39 is 0 Å². The standard InChI is InChI=1S/C26H30N4O3.CH3NO/c1-18-5-6-20(24-14-22(17-27-29-24)19-3-2-4-19)13-23(18)21-15-25(30-7-10-32-11-8-30)28-26(16-21)33-12-9-31;2-1-3/h5-6,13-17,19,31H,2-4,7-12H2,1H3;1H,(H2,2,3). The maximum absolute atomic E-state index is 9.23. The Morgan fingerprint density at radius 1 is 1.17 bits per heavy atom. The third-order valence-corrected chi connectivity index (χ3v) is 6.56. The number of nitrogens with two attached hydrogens (primary N) is 1. The van der Waals surface area contributed by atoms with Crippen molar-refractivity contribution in [3.63, 3.8) is 0 Å². The predicted molar refractivity (Wildman–Crippen MR) is 138 cm³/mol. The van der Waals surface area contributed by atoms with Crippen molar-refractivity contribution < 1.29 is 19.4 Å². The number of primary amides is 1. The van der Waals surface area contributed by atoms with Crippen LogP contribution in [0.4, 0.5) is 5.82 Å². The fourth-order valence-electron chi connectivity index (χ4n) is 4.41. The summed E-state index contributed by atoms with van der Waals surface area (Å²) in [6.45, 7) is 5.22. The molecule has 1 saturated heterocycles. The Balaban J connectivity index is 0.000000967. The lowest BCUT2D eigenvalue weighted by Gasteiger charge is -2.28. The first-order valence-corrected chi connectivity index (χ1v) is 12.3. The molecule has 190 valence electrons. The number of anilines is 1. The van der Waals surface area contributed by atoms with Gasteiger partial charge in [0.1, 0.15) is 12.4 Å². The van der Waals surface area contributed by atoms with Crippen LogP contribution in [0.3, 0.4) is 0 Å². The monoisotopic (exact) mass is 491 g/mol. The van der Waals surface area contributed by atoms with Crippen molar-refractivity contribution in [2.45, 2.75) is 32.1 Å². The number of hydrogen-bond acceptors (Lipinski definition) is 8. The Morgan fingerprint density at radius 2 is 1.94 bits per heavy atom. The lowest BCUT2D eigenvalue weighted by Crippen LogP contribution is -2.36. The molecule has 5 rings (SSSR count). The zero-order chi connectivity index (χ0) is 25.3. The zero-order valence-electron chi connectivity index (χ0n) is 20.6. The van der Waals surface area contributed by atoms with Crippen LogP contribution in [0.25, 0.3) is 22.4 Å². The third-order valence-electron chi connectivity index (χ3n) is 6.56. The number of carbonyl (C=O) groups excluding carboxylic acids is 1. The smallest absolute Gasteiger partial charge is 0.215 e. The summed E-state index contributed by atoms with van der Waals surface area (Å²) in [6, 6.07) is 12.7. The second-order valence-corrected chi connectivity index (χ2v) is 8.89. The van der Waals surface area contributed by atoms with Crippen molar-refractivity contribution in [2.75, 3.05) is 44.4 Å². The molecule has 1 aliphatic heterocycles. The number of aliphatic hydroxyl groups excluding tert-OH is 1. The van der Waals surface area contributed by atoms with E-state index in [4.69, 9.17) is 19.3 Å². The first kappa shape index (κ1) is 25.5. The number of ether oxygens (including phenoxy) is 2. The highest BCUT2D eigenvalue weighted by atomic mass is 16.5. The number of aryl methyl sites for hydroxylation is 1. The van der Waals surface area contributed by atoms with Crippen molar-refractivity contribution >= 4 is 12.2 Å². The van der Waals surface area contributed by atoms with Crippen LogP contribution in [0.15, 0.2) is 42.6 Å². The van der Waals surface area contributed by atoms with Gasteiger partial charge in [-0.15, -0.1) is 0 Å². The van der Waals surface area contributed by atoms with Gasteiger partial charge in [-0.1, -0.05) is 18.6 Å². The molecule has 2 aromatic heterocycles. The van der Waals surface area contributed by atoms with E-state index in [1.807, 2.05) is 12.3 Å². The van der Waals surface area contributed by atoms with E-state index in [1.54, 1.807) is 0 Å². The van der Waals surface area contributed by atoms with Crippen LogP contribution in [0.2, 0.25) is 0 Å². The summed E-state index contributed by atoms with van der Waals surface area (Å²) >= 11 is 0. The zero-order valence-corrected chi connectivity index (χ0v) is 20.6. The van der Waals surface area contributed by atoms with Gasteiger partial charge in [0.2, 0.25) is 12.3 Å². The molecule has 0 radical (unpaired) electrons. The summed E-state index contributed by atoms with van der Waals surface area (Å²) in [7, 11) is 0. The van der Waals surface area contributed by atoms with Crippen molar-refractivity contribution in [3.8, 4) is 28.3 Å². The number of hydrogen-bond donors (Lipinski definition) is 2. The van der Waals surface area contributed by atoms with E-state index in [-0.39, 0.29) is 19.6 Å².